The first-order valence-electron chi connectivity index (χ1n) is 8.02. The Hall–Kier alpha value is -0.900. The molecule has 1 saturated heterocycles. The molecule has 118 valence electrons. The van der Waals surface area contributed by atoms with Gasteiger partial charge in [0.1, 0.15) is 0 Å². The minimum Gasteiger partial charge on any atom is -0.383 e. The molecule has 2 unspecified atom stereocenters. The summed E-state index contributed by atoms with van der Waals surface area (Å²) in [7, 11) is 1.76. The van der Waals surface area contributed by atoms with Crippen LogP contribution in [0.1, 0.15) is 50.8 Å². The first-order chi connectivity index (χ1) is 9.93. The molecule has 3 nitrogen and oxygen atoms in total. The van der Waals surface area contributed by atoms with Crippen LogP contribution in [0.4, 0.5) is 0 Å². The number of nitrogens with zero attached hydrogens (tertiary/aromatic N) is 1. The van der Waals surface area contributed by atoms with Crippen molar-refractivity contribution in [2.75, 3.05) is 26.8 Å². The highest BCUT2D eigenvalue weighted by atomic mass is 16.5. The van der Waals surface area contributed by atoms with Gasteiger partial charge in [0, 0.05) is 25.7 Å². The number of likely N-dealkylation sites (tertiary alicyclic amines) is 1. The second-order valence-corrected chi connectivity index (χ2v) is 7.15. The van der Waals surface area contributed by atoms with E-state index >= 15 is 0 Å². The fraction of sp³-hybridized carbons (Fsp3) is 0.667. The molecule has 2 N–H and O–H groups in total. The van der Waals surface area contributed by atoms with Crippen LogP contribution in [0.5, 0.6) is 0 Å². The van der Waals surface area contributed by atoms with Crippen molar-refractivity contribution < 1.29 is 4.74 Å². The second-order valence-electron chi connectivity index (χ2n) is 7.15. The van der Waals surface area contributed by atoms with E-state index in [2.05, 4.69) is 49.9 Å². The maximum absolute atomic E-state index is 6.41. The Kier molecular flexibility index (Phi) is 5.42. The Morgan fingerprint density at radius 1 is 1.24 bits per heavy atom. The molecular weight excluding hydrogens is 260 g/mol. The van der Waals surface area contributed by atoms with Gasteiger partial charge in [0.15, 0.2) is 0 Å². The fourth-order valence-corrected chi connectivity index (χ4v) is 3.20. The van der Waals surface area contributed by atoms with Gasteiger partial charge in [-0.1, -0.05) is 45.0 Å². The van der Waals surface area contributed by atoms with Crippen molar-refractivity contribution in [1.82, 2.24) is 4.90 Å². The lowest BCUT2D eigenvalue weighted by molar-refractivity contribution is 0.0848. The minimum atomic E-state index is 0.197. The Balaban J connectivity index is 2.19. The molecule has 1 aromatic rings. The molecule has 2 rings (SSSR count). The third-order valence-corrected chi connectivity index (χ3v) is 4.48. The third kappa shape index (κ3) is 4.06. The number of rotatable bonds is 4. The highest BCUT2D eigenvalue weighted by molar-refractivity contribution is 5.30. The van der Waals surface area contributed by atoms with Gasteiger partial charge >= 0.3 is 0 Å². The van der Waals surface area contributed by atoms with Gasteiger partial charge in [-0.3, -0.25) is 4.90 Å². The smallest absolute Gasteiger partial charge is 0.0589 e. The van der Waals surface area contributed by atoms with E-state index in [-0.39, 0.29) is 11.5 Å². The number of nitrogens with two attached hydrogens (primary N) is 1. The normalized spacial score (nSPS) is 24.2. The number of hydrogen-bond acceptors (Lipinski definition) is 3. The van der Waals surface area contributed by atoms with Crippen LogP contribution in [0.15, 0.2) is 24.3 Å². The zero-order valence-corrected chi connectivity index (χ0v) is 13.9. The van der Waals surface area contributed by atoms with E-state index in [9.17, 15) is 0 Å². The van der Waals surface area contributed by atoms with Crippen LogP contribution in [0.3, 0.4) is 0 Å². The zero-order valence-electron chi connectivity index (χ0n) is 13.9. The van der Waals surface area contributed by atoms with Crippen molar-refractivity contribution in [3.05, 3.63) is 35.4 Å². The Morgan fingerprint density at radius 2 is 1.90 bits per heavy atom. The summed E-state index contributed by atoms with van der Waals surface area (Å²) in [4.78, 5) is 2.48. The number of benzene rings is 1. The lowest BCUT2D eigenvalue weighted by atomic mass is 9.84. The van der Waals surface area contributed by atoms with Gasteiger partial charge < -0.3 is 10.5 Å². The zero-order chi connectivity index (χ0) is 15.5. The van der Waals surface area contributed by atoms with Crippen LogP contribution >= 0.6 is 0 Å². The fourth-order valence-electron chi connectivity index (χ4n) is 3.20. The molecule has 1 heterocycles. The van der Waals surface area contributed by atoms with Crippen LogP contribution in [-0.4, -0.2) is 37.7 Å². The van der Waals surface area contributed by atoms with E-state index in [0.717, 1.165) is 26.1 Å². The minimum absolute atomic E-state index is 0.197. The van der Waals surface area contributed by atoms with Crippen LogP contribution in [-0.2, 0) is 10.2 Å². The molecule has 1 aliphatic heterocycles. The molecular formula is C18H30N2O. The third-order valence-electron chi connectivity index (χ3n) is 4.48. The summed E-state index contributed by atoms with van der Waals surface area (Å²) in [6.07, 6.45) is 2.29. The van der Waals surface area contributed by atoms with E-state index < -0.39 is 0 Å². The summed E-state index contributed by atoms with van der Waals surface area (Å²) in [5.41, 5.74) is 9.33. The second kappa shape index (κ2) is 6.91. The highest BCUT2D eigenvalue weighted by Crippen LogP contribution is 2.31. The molecule has 0 spiro atoms. The lowest BCUT2D eigenvalue weighted by Gasteiger charge is -2.40. The van der Waals surface area contributed by atoms with Gasteiger partial charge in [0.2, 0.25) is 0 Å². The monoisotopic (exact) mass is 290 g/mol. The molecule has 0 aliphatic carbocycles. The lowest BCUT2D eigenvalue weighted by Crippen LogP contribution is -2.46. The average Bonchev–Trinajstić information content (AvgIpc) is 2.44. The van der Waals surface area contributed by atoms with Crippen molar-refractivity contribution >= 4 is 0 Å². The molecule has 2 atom stereocenters. The van der Waals surface area contributed by atoms with Crippen molar-refractivity contribution in [2.45, 2.75) is 51.1 Å². The summed E-state index contributed by atoms with van der Waals surface area (Å²) < 4.78 is 5.25. The van der Waals surface area contributed by atoms with Crippen LogP contribution in [0, 0.1) is 0 Å². The molecule has 1 fully saturated rings. The van der Waals surface area contributed by atoms with Gasteiger partial charge in [-0.15, -0.1) is 0 Å². The van der Waals surface area contributed by atoms with Crippen molar-refractivity contribution in [3.8, 4) is 0 Å². The van der Waals surface area contributed by atoms with E-state index in [0.29, 0.717) is 6.04 Å². The van der Waals surface area contributed by atoms with Crippen molar-refractivity contribution in [2.24, 2.45) is 5.73 Å². The molecule has 3 heteroatoms. The molecule has 1 aromatic carbocycles. The van der Waals surface area contributed by atoms with Crippen LogP contribution < -0.4 is 5.73 Å². The number of ether oxygens (including phenoxy) is 1. The van der Waals surface area contributed by atoms with Crippen LogP contribution in [0.25, 0.3) is 0 Å². The maximum Gasteiger partial charge on any atom is 0.0589 e. The average molecular weight is 290 g/mol. The predicted molar refractivity (Wildman–Crippen MR) is 88.5 cm³/mol. The Labute approximate surface area is 129 Å². The van der Waals surface area contributed by atoms with Gasteiger partial charge in [0.05, 0.1) is 6.61 Å². The number of hydrogen-bond donors (Lipinski definition) is 1. The molecule has 0 radical (unpaired) electrons. The molecule has 1 aliphatic rings. The van der Waals surface area contributed by atoms with Gasteiger partial charge in [-0.05, 0) is 35.9 Å². The standard InChI is InChI=1S/C18H30N2O/c1-18(2,3)15-9-7-14(8-10-15)17-16(19)6-5-11-20(17)12-13-21-4/h7-10,16-17H,5-6,11-13,19H2,1-4H3. The molecule has 0 saturated carbocycles. The van der Waals surface area contributed by atoms with Crippen molar-refractivity contribution in [3.63, 3.8) is 0 Å². The quantitative estimate of drug-likeness (QED) is 0.926. The van der Waals surface area contributed by atoms with E-state index in [1.165, 1.54) is 17.5 Å². The predicted octanol–water partition coefficient (Wildman–Crippen LogP) is 3.09. The first-order valence-corrected chi connectivity index (χ1v) is 8.02. The molecule has 0 aromatic heterocycles. The summed E-state index contributed by atoms with van der Waals surface area (Å²) in [6, 6.07) is 9.57. The highest BCUT2D eigenvalue weighted by Gasteiger charge is 2.30. The van der Waals surface area contributed by atoms with Crippen molar-refractivity contribution in [1.29, 1.82) is 0 Å². The molecule has 0 bridgehead atoms. The Bertz CT molecular complexity index is 436. The first kappa shape index (κ1) is 16.5. The summed E-state index contributed by atoms with van der Waals surface area (Å²) in [5, 5.41) is 0. The topological polar surface area (TPSA) is 38.5 Å². The maximum atomic E-state index is 6.41. The summed E-state index contributed by atoms with van der Waals surface area (Å²) in [5.74, 6) is 0. The van der Waals surface area contributed by atoms with E-state index in [1.807, 2.05) is 0 Å². The van der Waals surface area contributed by atoms with Gasteiger partial charge in [-0.25, -0.2) is 0 Å². The van der Waals surface area contributed by atoms with Gasteiger partial charge in [-0.2, -0.15) is 0 Å². The number of piperidine rings is 1. The summed E-state index contributed by atoms with van der Waals surface area (Å²) in [6.45, 7) is 9.58. The molecule has 0 amide bonds. The summed E-state index contributed by atoms with van der Waals surface area (Å²) >= 11 is 0. The largest absolute Gasteiger partial charge is 0.383 e. The number of methoxy groups -OCH3 is 1. The Morgan fingerprint density at radius 3 is 2.48 bits per heavy atom. The SMILES string of the molecule is COCCN1CCCC(N)C1c1ccc(C(C)(C)C)cc1. The van der Waals surface area contributed by atoms with E-state index in [1.54, 1.807) is 7.11 Å². The van der Waals surface area contributed by atoms with Gasteiger partial charge in [0.25, 0.3) is 0 Å². The van der Waals surface area contributed by atoms with E-state index in [4.69, 9.17) is 10.5 Å². The molecule has 21 heavy (non-hydrogen) atoms. The van der Waals surface area contributed by atoms with Crippen LogP contribution in [0.2, 0.25) is 0 Å².